The van der Waals surface area contributed by atoms with E-state index in [1.54, 1.807) is 18.2 Å². The maximum Gasteiger partial charge on any atom is 0.521 e. The van der Waals surface area contributed by atoms with Crippen LogP contribution in [0.3, 0.4) is 0 Å². The number of hydrogen-bond donors (Lipinski definition) is 1. The number of H-pyrrole nitrogens is 1. The highest BCUT2D eigenvalue weighted by Crippen LogP contribution is 2.18. The van der Waals surface area contributed by atoms with Crippen molar-refractivity contribution in [3.8, 4) is 11.5 Å². The molecule has 3 rings (SSSR count). The van der Waals surface area contributed by atoms with Crippen LogP contribution in [0.2, 0.25) is 0 Å². The highest BCUT2D eigenvalue weighted by Gasteiger charge is 2.14. The summed E-state index contributed by atoms with van der Waals surface area (Å²) in [5.41, 5.74) is 0.552. The summed E-state index contributed by atoms with van der Waals surface area (Å²) in [4.78, 5) is 14.0. The van der Waals surface area contributed by atoms with Crippen molar-refractivity contribution >= 4 is 27.5 Å². The zero-order chi connectivity index (χ0) is 20.7. The zero-order valence-corrected chi connectivity index (χ0v) is 15.9. The number of rotatable bonds is 9. The van der Waals surface area contributed by atoms with Crippen LogP contribution in [-0.4, -0.2) is 26.2 Å². The molecule has 0 fully saturated rings. The molecule has 0 saturated heterocycles. The summed E-state index contributed by atoms with van der Waals surface area (Å²) in [6.07, 6.45) is 2.25. The van der Waals surface area contributed by atoms with E-state index in [1.807, 2.05) is 6.07 Å². The van der Waals surface area contributed by atoms with Crippen molar-refractivity contribution in [2.45, 2.75) is 12.8 Å². The number of aromatic amines is 1. The smallest absolute Gasteiger partial charge is 0.494 e. The quantitative estimate of drug-likeness (QED) is 0.324. The highest BCUT2D eigenvalue weighted by molar-refractivity contribution is 7.82. The van der Waals surface area contributed by atoms with Crippen molar-refractivity contribution in [2.75, 3.05) is 6.61 Å². The lowest BCUT2D eigenvalue weighted by Gasteiger charge is -2.06. The maximum absolute atomic E-state index is 12.8. The Morgan fingerprint density at radius 1 is 1.03 bits per heavy atom. The van der Waals surface area contributed by atoms with Gasteiger partial charge < -0.3 is 13.9 Å². The van der Waals surface area contributed by atoms with Crippen LogP contribution in [0, 0.1) is 5.82 Å². The molecule has 0 aliphatic carbocycles. The van der Waals surface area contributed by atoms with Gasteiger partial charge in [-0.05, 0) is 61.4 Å². The van der Waals surface area contributed by atoms with Gasteiger partial charge in [-0.15, -0.1) is 8.42 Å². The van der Waals surface area contributed by atoms with E-state index in [9.17, 15) is 17.6 Å². The monoisotopic (exact) mass is 420 g/mol. The second-order valence-electron chi connectivity index (χ2n) is 5.87. The van der Waals surface area contributed by atoms with Gasteiger partial charge in [0.15, 0.2) is 0 Å². The van der Waals surface area contributed by atoms with Crippen LogP contribution < -0.4 is 14.5 Å². The average molecular weight is 420 g/mol. The Kier molecular flexibility index (Phi) is 6.45. The second-order valence-corrected chi connectivity index (χ2v) is 7.00. The van der Waals surface area contributed by atoms with Gasteiger partial charge in [0.25, 0.3) is 0 Å². The number of oxime groups is 1. The lowest BCUT2D eigenvalue weighted by molar-refractivity contribution is 0.287. The largest absolute Gasteiger partial charge is 0.521 e. The van der Waals surface area contributed by atoms with Gasteiger partial charge in [0.1, 0.15) is 17.3 Å². The van der Waals surface area contributed by atoms with Gasteiger partial charge >= 0.3 is 10.4 Å². The Hall–Kier alpha value is -3.40. The van der Waals surface area contributed by atoms with Crippen LogP contribution in [0.4, 0.5) is 4.39 Å². The average Bonchev–Trinajstić information content (AvgIpc) is 2.69. The molecular weight excluding hydrogens is 403 g/mol. The molecule has 0 radical (unpaired) electrons. The van der Waals surface area contributed by atoms with E-state index in [1.165, 1.54) is 12.3 Å². The number of aromatic nitrogens is 1. The molecule has 1 heterocycles. The molecule has 1 N–H and O–H groups in total. The molecule has 3 aromatic rings. The summed E-state index contributed by atoms with van der Waals surface area (Å²) < 4.78 is 50.5. The Bertz CT molecular complexity index is 1160. The fourth-order valence-corrected chi connectivity index (χ4v) is 2.89. The molecule has 29 heavy (non-hydrogen) atoms. The van der Waals surface area contributed by atoms with Gasteiger partial charge in [-0.2, -0.15) is 0 Å². The first-order valence-electron chi connectivity index (χ1n) is 8.58. The molecule has 152 valence electrons. The summed E-state index contributed by atoms with van der Waals surface area (Å²) in [7, 11) is -4.38. The standard InChI is InChI=1S/C19H17FN2O6S/c20-15-4-6-16(7-5-15)27-29(24,25)28-21-11-1-2-12-26-17-8-9-18-14(13-17)3-10-19(23)22-18/h3-11,13H,1-2,12H2,(H,22,23). The number of pyridine rings is 1. The van der Waals surface area contributed by atoms with Crippen molar-refractivity contribution < 1.29 is 26.0 Å². The number of ether oxygens (including phenoxy) is 1. The lowest BCUT2D eigenvalue weighted by Crippen LogP contribution is -2.10. The molecule has 0 unspecified atom stereocenters. The lowest BCUT2D eigenvalue weighted by atomic mass is 10.2. The van der Waals surface area contributed by atoms with Gasteiger partial charge in [-0.25, -0.2) is 8.67 Å². The van der Waals surface area contributed by atoms with Crippen LogP contribution in [-0.2, 0) is 14.7 Å². The molecular formula is C19H17FN2O6S. The summed E-state index contributed by atoms with van der Waals surface area (Å²) in [5.74, 6) is 0.0389. The van der Waals surface area contributed by atoms with E-state index in [0.29, 0.717) is 25.2 Å². The minimum atomic E-state index is -4.38. The van der Waals surface area contributed by atoms with Crippen LogP contribution in [0.15, 0.2) is 64.5 Å². The van der Waals surface area contributed by atoms with Crippen LogP contribution in [0.25, 0.3) is 10.9 Å². The number of benzene rings is 2. The number of halogens is 1. The molecule has 0 aliphatic rings. The van der Waals surface area contributed by atoms with E-state index in [0.717, 1.165) is 35.2 Å². The summed E-state index contributed by atoms with van der Waals surface area (Å²) in [6, 6.07) is 12.9. The third kappa shape index (κ3) is 6.32. The van der Waals surface area contributed by atoms with E-state index in [4.69, 9.17) is 4.74 Å². The Morgan fingerprint density at radius 3 is 2.59 bits per heavy atom. The number of hydrogen-bond acceptors (Lipinski definition) is 7. The number of nitrogens with one attached hydrogen (secondary N) is 1. The Balaban J connectivity index is 1.39. The summed E-state index contributed by atoms with van der Waals surface area (Å²) in [5, 5.41) is 4.20. The van der Waals surface area contributed by atoms with Gasteiger partial charge in [0, 0.05) is 23.2 Å². The van der Waals surface area contributed by atoms with Crippen molar-refractivity contribution in [3.63, 3.8) is 0 Å². The fourth-order valence-electron chi connectivity index (χ4n) is 2.35. The normalized spacial score (nSPS) is 11.6. The molecule has 0 bridgehead atoms. The van der Waals surface area contributed by atoms with Crippen LogP contribution >= 0.6 is 0 Å². The van der Waals surface area contributed by atoms with Gasteiger partial charge in [0.2, 0.25) is 5.56 Å². The maximum atomic E-state index is 12.8. The van der Waals surface area contributed by atoms with E-state index in [2.05, 4.69) is 18.6 Å². The highest BCUT2D eigenvalue weighted by atomic mass is 32.3. The van der Waals surface area contributed by atoms with E-state index in [-0.39, 0.29) is 11.3 Å². The van der Waals surface area contributed by atoms with Gasteiger partial charge in [-0.1, -0.05) is 5.16 Å². The number of unbranched alkanes of at least 4 members (excludes halogenated alkanes) is 1. The summed E-state index contributed by atoms with van der Waals surface area (Å²) in [6.45, 7) is 0.375. The van der Waals surface area contributed by atoms with Gasteiger partial charge in [0.05, 0.1) is 6.61 Å². The molecule has 1 aromatic heterocycles. The minimum Gasteiger partial charge on any atom is -0.494 e. The van der Waals surface area contributed by atoms with Crippen LogP contribution in [0.1, 0.15) is 12.8 Å². The molecule has 8 nitrogen and oxygen atoms in total. The first-order chi connectivity index (χ1) is 13.9. The number of fused-ring (bicyclic) bond motifs is 1. The SMILES string of the molecule is O=c1ccc2cc(OCCCC=NOS(=O)(=O)Oc3ccc(F)cc3)ccc2[nH]1. The third-order valence-corrected chi connectivity index (χ3v) is 4.33. The third-order valence-electron chi connectivity index (χ3n) is 3.66. The molecule has 0 spiro atoms. The molecule has 0 atom stereocenters. The molecule has 10 heteroatoms. The topological polar surface area (TPSA) is 107 Å². The first-order valence-corrected chi connectivity index (χ1v) is 9.91. The van der Waals surface area contributed by atoms with Gasteiger partial charge in [-0.3, -0.25) is 4.79 Å². The predicted octanol–water partition coefficient (Wildman–Crippen LogP) is 3.15. The molecule has 0 saturated carbocycles. The molecule has 0 amide bonds. The fraction of sp³-hybridized carbons (Fsp3) is 0.158. The Labute approximate surface area is 165 Å². The second kappa shape index (κ2) is 9.20. The summed E-state index contributed by atoms with van der Waals surface area (Å²) >= 11 is 0. The predicted molar refractivity (Wildman–Crippen MR) is 105 cm³/mol. The minimum absolute atomic E-state index is 0.0885. The number of nitrogens with zero attached hydrogens (tertiary/aromatic N) is 1. The van der Waals surface area contributed by atoms with Crippen LogP contribution in [0.5, 0.6) is 11.5 Å². The van der Waals surface area contributed by atoms with Crippen molar-refractivity contribution in [2.24, 2.45) is 5.16 Å². The zero-order valence-electron chi connectivity index (χ0n) is 15.1. The molecule has 2 aromatic carbocycles. The van der Waals surface area contributed by atoms with E-state index >= 15 is 0 Å². The van der Waals surface area contributed by atoms with E-state index < -0.39 is 16.2 Å². The van der Waals surface area contributed by atoms with Crippen molar-refractivity contribution in [1.29, 1.82) is 0 Å². The first kappa shape index (κ1) is 20.3. The molecule has 0 aliphatic heterocycles. The van der Waals surface area contributed by atoms with Crippen molar-refractivity contribution in [1.82, 2.24) is 4.98 Å². The Morgan fingerprint density at radius 2 is 1.79 bits per heavy atom. The van der Waals surface area contributed by atoms with Crippen molar-refractivity contribution in [3.05, 3.63) is 70.8 Å².